The Hall–Kier alpha value is -2.60. The summed E-state index contributed by atoms with van der Waals surface area (Å²) in [7, 11) is 0. The van der Waals surface area contributed by atoms with E-state index in [1.54, 1.807) is 0 Å². The van der Waals surface area contributed by atoms with Crippen molar-refractivity contribution >= 4 is 17.7 Å². The number of rotatable bonds is 7. The van der Waals surface area contributed by atoms with E-state index in [9.17, 15) is 9.90 Å². The van der Waals surface area contributed by atoms with Gasteiger partial charge in [0.25, 0.3) is 0 Å². The summed E-state index contributed by atoms with van der Waals surface area (Å²) in [4.78, 5) is 9.34. The predicted octanol–water partition coefficient (Wildman–Crippen LogP) is 2.07. The van der Waals surface area contributed by atoms with Crippen molar-refractivity contribution in [1.82, 2.24) is 0 Å². The summed E-state index contributed by atoms with van der Waals surface area (Å²) in [5.74, 6) is -0.423. The van der Waals surface area contributed by atoms with E-state index >= 15 is 0 Å². The van der Waals surface area contributed by atoms with Gasteiger partial charge in [-0.05, 0) is 23.6 Å². The first-order valence-corrected chi connectivity index (χ1v) is 10.5. The smallest absolute Gasteiger partial charge is 0.0909 e. The van der Waals surface area contributed by atoms with Gasteiger partial charge in [0, 0.05) is 5.75 Å². The Morgan fingerprint density at radius 2 is 1.21 bits per heavy atom. The molecular weight excluding hydrogens is 382 g/mol. The third-order valence-electron chi connectivity index (χ3n) is 4.34. The van der Waals surface area contributed by atoms with Gasteiger partial charge < -0.3 is 20.7 Å². The largest absolute Gasteiger partial charge is 0.547 e. The minimum Gasteiger partial charge on any atom is -0.547 e. The molecule has 3 aromatic rings. The molecule has 0 saturated carbocycles. The summed E-state index contributed by atoms with van der Waals surface area (Å²) in [6.45, 7) is 2.05. The number of carbonyl (C=O) groups is 1. The van der Waals surface area contributed by atoms with Crippen LogP contribution in [0, 0.1) is 0 Å². The fourth-order valence-corrected chi connectivity index (χ4v) is 4.35. The number of aliphatic hydroxyl groups is 1. The minimum atomic E-state index is -1.44. The van der Waals surface area contributed by atoms with Crippen molar-refractivity contribution < 1.29 is 20.7 Å². The first-order valence-electron chi connectivity index (χ1n) is 9.51. The Labute approximate surface area is 176 Å². The van der Waals surface area contributed by atoms with Gasteiger partial charge in [-0.3, -0.25) is 0 Å². The van der Waals surface area contributed by atoms with Crippen LogP contribution in [0.1, 0.15) is 23.6 Å². The van der Waals surface area contributed by atoms with Crippen LogP contribution in [-0.4, -0.2) is 29.5 Å². The number of hydrogen-bond donors (Lipinski definition) is 2. The van der Waals surface area contributed by atoms with E-state index in [1.807, 2.05) is 11.8 Å². The summed E-state index contributed by atoms with van der Waals surface area (Å²) < 4.78 is -0.193. The molecule has 0 fully saturated rings. The fraction of sp³-hybridized carbons (Fsp3) is 0.208. The molecule has 0 aromatic heterocycles. The Balaban J connectivity index is 0.000000438. The van der Waals surface area contributed by atoms with Crippen LogP contribution in [0.15, 0.2) is 91.0 Å². The second kappa shape index (κ2) is 11.4. The molecule has 0 spiro atoms. The molecule has 3 rings (SSSR count). The van der Waals surface area contributed by atoms with Crippen LogP contribution in [0.4, 0.5) is 0 Å². The molecule has 5 heteroatoms. The van der Waals surface area contributed by atoms with E-state index in [-0.39, 0.29) is 4.75 Å². The van der Waals surface area contributed by atoms with Crippen molar-refractivity contribution in [2.75, 3.05) is 12.3 Å². The lowest BCUT2D eigenvalue weighted by atomic mass is 9.84. The quantitative estimate of drug-likeness (QED) is 0.585. The van der Waals surface area contributed by atoms with Crippen LogP contribution in [0.25, 0.3) is 0 Å². The molecule has 0 heterocycles. The van der Waals surface area contributed by atoms with Crippen LogP contribution >= 0.6 is 11.8 Å². The number of benzene rings is 3. The van der Waals surface area contributed by atoms with E-state index in [0.29, 0.717) is 0 Å². The van der Waals surface area contributed by atoms with Crippen LogP contribution in [0.5, 0.6) is 0 Å². The van der Waals surface area contributed by atoms with Gasteiger partial charge in [0.15, 0.2) is 0 Å². The van der Waals surface area contributed by atoms with Crippen molar-refractivity contribution in [3.8, 4) is 0 Å². The number of carboxylic acid groups (broad SMARTS) is 1. The summed E-state index contributed by atoms with van der Waals surface area (Å²) in [6.07, 6.45) is -1.34. The molecule has 0 aliphatic carbocycles. The summed E-state index contributed by atoms with van der Waals surface area (Å²) in [5, 5.41) is 17.3. The molecule has 1 unspecified atom stereocenters. The number of aliphatic carboxylic acids is 1. The third-order valence-corrected chi connectivity index (χ3v) is 5.98. The van der Waals surface area contributed by atoms with Crippen LogP contribution in [0.3, 0.4) is 0 Å². The van der Waals surface area contributed by atoms with Gasteiger partial charge in [-0.25, -0.2) is 0 Å². The highest BCUT2D eigenvalue weighted by Gasteiger charge is 2.36. The molecule has 0 bridgehead atoms. The molecule has 0 aliphatic heterocycles. The zero-order valence-electron chi connectivity index (χ0n) is 16.5. The molecule has 152 valence electrons. The Morgan fingerprint density at radius 1 is 0.897 bits per heavy atom. The molecule has 0 saturated heterocycles. The molecule has 3 aromatic carbocycles. The van der Waals surface area contributed by atoms with E-state index in [2.05, 4.69) is 96.7 Å². The summed E-state index contributed by atoms with van der Waals surface area (Å²) in [6, 6.07) is 32.4. The van der Waals surface area contributed by atoms with Crippen LogP contribution in [-0.2, 0) is 9.54 Å². The maximum atomic E-state index is 9.34. The van der Waals surface area contributed by atoms with E-state index in [1.165, 1.54) is 16.7 Å². The van der Waals surface area contributed by atoms with Crippen LogP contribution < -0.4 is 10.8 Å². The normalized spacial score (nSPS) is 11.8. The molecule has 4 nitrogen and oxygen atoms in total. The fourth-order valence-electron chi connectivity index (χ4n) is 2.99. The highest BCUT2D eigenvalue weighted by Crippen LogP contribution is 2.48. The average molecular weight is 410 g/mol. The standard InChI is InChI=1S/C21H21NS.C3H6O3/c22-16-17-23-21(18-10-4-1-5-11-18,19-12-6-2-7-13-19)20-14-8-3-9-15-20;1-2(4)3(5)6/h1-15H,16-17,22H2;2,4H,1H3,(H,5,6). The lowest BCUT2D eigenvalue weighted by Gasteiger charge is -2.35. The monoisotopic (exact) mass is 409 g/mol. The molecule has 0 amide bonds. The van der Waals surface area contributed by atoms with Crippen LogP contribution in [0.2, 0.25) is 0 Å². The lowest BCUT2D eigenvalue weighted by Crippen LogP contribution is -2.51. The van der Waals surface area contributed by atoms with Gasteiger partial charge in [0.05, 0.1) is 23.4 Å². The van der Waals surface area contributed by atoms with Crippen molar-refractivity contribution in [3.05, 3.63) is 108 Å². The molecule has 29 heavy (non-hydrogen) atoms. The first-order chi connectivity index (χ1) is 14.0. The average Bonchev–Trinajstić information content (AvgIpc) is 2.77. The van der Waals surface area contributed by atoms with E-state index < -0.39 is 12.1 Å². The molecule has 0 radical (unpaired) electrons. The predicted molar refractivity (Wildman–Crippen MR) is 116 cm³/mol. The zero-order chi connectivity index (χ0) is 21.1. The van der Waals surface area contributed by atoms with Gasteiger partial charge in [0.1, 0.15) is 0 Å². The zero-order valence-corrected chi connectivity index (χ0v) is 17.3. The van der Waals surface area contributed by atoms with Gasteiger partial charge in [-0.15, -0.1) is 11.8 Å². The Bertz CT molecular complexity index is 758. The van der Waals surface area contributed by atoms with Gasteiger partial charge in [-0.1, -0.05) is 91.0 Å². The number of quaternary nitrogens is 1. The number of hydrogen-bond acceptors (Lipinski definition) is 4. The Kier molecular flexibility index (Phi) is 8.93. The third kappa shape index (κ3) is 5.94. The molecule has 1 atom stereocenters. The highest BCUT2D eigenvalue weighted by atomic mass is 32.2. The number of carbonyl (C=O) groups excluding carboxylic acids is 1. The summed E-state index contributed by atoms with van der Waals surface area (Å²) in [5.41, 5.74) is 8.00. The maximum absolute atomic E-state index is 9.34. The van der Waals surface area contributed by atoms with Gasteiger partial charge >= 0.3 is 0 Å². The highest BCUT2D eigenvalue weighted by molar-refractivity contribution is 8.00. The number of carboxylic acids is 1. The van der Waals surface area contributed by atoms with Crippen molar-refractivity contribution in [1.29, 1.82) is 0 Å². The lowest BCUT2D eigenvalue weighted by molar-refractivity contribution is -0.360. The van der Waals surface area contributed by atoms with Crippen molar-refractivity contribution in [2.24, 2.45) is 0 Å². The summed E-state index contributed by atoms with van der Waals surface area (Å²) >= 11 is 1.97. The minimum absolute atomic E-state index is 0.193. The van der Waals surface area contributed by atoms with Gasteiger partial charge in [0.2, 0.25) is 0 Å². The molecular formula is C24H27NO3S. The van der Waals surface area contributed by atoms with Gasteiger partial charge in [-0.2, -0.15) is 0 Å². The topological polar surface area (TPSA) is 88.0 Å². The first kappa shape index (κ1) is 22.7. The SMILES string of the molecule is CC(O)C(=O)[O-].[NH3+]CCSC(c1ccccc1)(c1ccccc1)c1ccccc1. The number of thioether (sulfide) groups is 1. The van der Waals surface area contributed by atoms with Crippen molar-refractivity contribution in [3.63, 3.8) is 0 Å². The molecule has 4 N–H and O–H groups in total. The molecule has 0 aliphatic rings. The second-order valence-electron chi connectivity index (χ2n) is 6.48. The Morgan fingerprint density at radius 3 is 1.45 bits per heavy atom. The van der Waals surface area contributed by atoms with E-state index in [0.717, 1.165) is 19.2 Å². The number of aliphatic hydroxyl groups excluding tert-OH is 1. The second-order valence-corrected chi connectivity index (χ2v) is 7.79. The van der Waals surface area contributed by atoms with E-state index in [4.69, 9.17) is 5.11 Å². The van der Waals surface area contributed by atoms with Crippen molar-refractivity contribution in [2.45, 2.75) is 17.8 Å². The maximum Gasteiger partial charge on any atom is 0.0909 e.